The number of nitrogens with two attached hydrogens (primary N) is 1. The minimum atomic E-state index is -0.0544. The van der Waals surface area contributed by atoms with Gasteiger partial charge in [0.25, 0.3) is 0 Å². The molecule has 0 aliphatic carbocycles. The highest BCUT2D eigenvalue weighted by atomic mass is 19.1. The molecule has 22 heavy (non-hydrogen) atoms. The van der Waals surface area contributed by atoms with Crippen molar-refractivity contribution in [3.63, 3.8) is 0 Å². The maximum Gasteiger partial charge on any atom is 0.195 e. The van der Waals surface area contributed by atoms with Crippen LogP contribution in [-0.2, 0) is 6.42 Å². The molecule has 0 aliphatic heterocycles. The largest absolute Gasteiger partial charge is 0.441 e. The van der Waals surface area contributed by atoms with Crippen LogP contribution in [0.2, 0.25) is 0 Å². The third-order valence-corrected chi connectivity index (χ3v) is 3.59. The maximum absolute atomic E-state index is 12.4. The van der Waals surface area contributed by atoms with Gasteiger partial charge in [0.2, 0.25) is 0 Å². The van der Waals surface area contributed by atoms with Crippen LogP contribution in [-0.4, -0.2) is 17.3 Å². The fraction of sp³-hybridized carbons (Fsp3) is 0.412. The van der Waals surface area contributed by atoms with E-state index < -0.39 is 0 Å². The highest BCUT2D eigenvalue weighted by Crippen LogP contribution is 2.20. The first kappa shape index (κ1) is 16.4. The van der Waals surface area contributed by atoms with E-state index in [4.69, 9.17) is 10.2 Å². The fourth-order valence-electron chi connectivity index (χ4n) is 2.20. The fourth-order valence-corrected chi connectivity index (χ4v) is 2.20. The molecule has 0 atom stereocenters. The SMILES string of the molecule is CCCCc1nc2ccc(C(=O)CC/C(=C/F)CN)cc2o1. The van der Waals surface area contributed by atoms with E-state index in [-0.39, 0.29) is 18.7 Å². The summed E-state index contributed by atoms with van der Waals surface area (Å²) in [5.74, 6) is 0.647. The summed E-state index contributed by atoms with van der Waals surface area (Å²) in [6, 6.07) is 5.23. The van der Waals surface area contributed by atoms with Gasteiger partial charge < -0.3 is 10.2 Å². The number of Topliss-reactive ketones (excluding diaryl/α,β-unsaturated/α-hetero) is 1. The second-order valence-corrected chi connectivity index (χ2v) is 5.29. The van der Waals surface area contributed by atoms with E-state index >= 15 is 0 Å². The van der Waals surface area contributed by atoms with Gasteiger partial charge in [-0.2, -0.15) is 0 Å². The molecule has 0 spiro atoms. The molecule has 1 heterocycles. The molecule has 2 aromatic rings. The molecule has 0 fully saturated rings. The second kappa shape index (κ2) is 7.84. The van der Waals surface area contributed by atoms with Crippen LogP contribution in [0, 0.1) is 0 Å². The number of ketones is 1. The summed E-state index contributed by atoms with van der Waals surface area (Å²) in [4.78, 5) is 16.5. The lowest BCUT2D eigenvalue weighted by Gasteiger charge is -2.02. The Hall–Kier alpha value is -2.01. The number of carbonyl (C=O) groups is 1. The van der Waals surface area contributed by atoms with E-state index in [0.29, 0.717) is 35.4 Å². The molecule has 0 saturated carbocycles. The molecule has 0 bridgehead atoms. The molecule has 5 heteroatoms. The highest BCUT2D eigenvalue weighted by molar-refractivity contribution is 5.98. The van der Waals surface area contributed by atoms with Crippen molar-refractivity contribution in [2.24, 2.45) is 5.73 Å². The summed E-state index contributed by atoms with van der Waals surface area (Å²) in [7, 11) is 0. The van der Waals surface area contributed by atoms with Crippen molar-refractivity contribution in [1.29, 1.82) is 0 Å². The lowest BCUT2D eigenvalue weighted by molar-refractivity contribution is 0.0982. The van der Waals surface area contributed by atoms with Crippen LogP contribution >= 0.6 is 0 Å². The van der Waals surface area contributed by atoms with Crippen molar-refractivity contribution in [2.45, 2.75) is 39.0 Å². The van der Waals surface area contributed by atoms with Crippen molar-refractivity contribution < 1.29 is 13.6 Å². The van der Waals surface area contributed by atoms with Crippen LogP contribution in [0.25, 0.3) is 11.1 Å². The molecular weight excluding hydrogens is 283 g/mol. The molecule has 2 N–H and O–H groups in total. The van der Waals surface area contributed by atoms with Crippen molar-refractivity contribution in [3.8, 4) is 0 Å². The average molecular weight is 304 g/mol. The number of fused-ring (bicyclic) bond motifs is 1. The Balaban J connectivity index is 2.09. The van der Waals surface area contributed by atoms with E-state index in [2.05, 4.69) is 11.9 Å². The number of benzene rings is 1. The Morgan fingerprint density at radius 3 is 2.91 bits per heavy atom. The van der Waals surface area contributed by atoms with E-state index in [1.807, 2.05) is 0 Å². The van der Waals surface area contributed by atoms with Crippen molar-refractivity contribution in [2.75, 3.05) is 6.54 Å². The Morgan fingerprint density at radius 2 is 2.23 bits per heavy atom. The molecule has 0 unspecified atom stereocenters. The summed E-state index contributed by atoms with van der Waals surface area (Å²) in [6.07, 6.45) is 3.95. The summed E-state index contributed by atoms with van der Waals surface area (Å²) < 4.78 is 18.1. The molecule has 2 rings (SSSR count). The molecule has 0 saturated heterocycles. The van der Waals surface area contributed by atoms with Gasteiger partial charge in [-0.05, 0) is 36.6 Å². The third-order valence-electron chi connectivity index (χ3n) is 3.59. The number of halogens is 1. The van der Waals surface area contributed by atoms with Crippen molar-refractivity contribution in [1.82, 2.24) is 4.98 Å². The Morgan fingerprint density at radius 1 is 1.41 bits per heavy atom. The summed E-state index contributed by atoms with van der Waals surface area (Å²) in [6.45, 7) is 2.24. The van der Waals surface area contributed by atoms with E-state index in [1.165, 1.54) is 0 Å². The molecular formula is C17H21FN2O2. The van der Waals surface area contributed by atoms with Crippen LogP contribution in [0.4, 0.5) is 4.39 Å². The molecule has 0 amide bonds. The highest BCUT2D eigenvalue weighted by Gasteiger charge is 2.11. The first-order chi connectivity index (χ1) is 10.7. The van der Waals surface area contributed by atoms with Crippen LogP contribution in [0.1, 0.15) is 48.9 Å². The standard InChI is InChI=1S/C17H21FN2O2/c1-2-3-4-17-20-14-7-6-13(9-16(14)22-17)15(21)8-5-12(10-18)11-19/h6-7,9-10H,2-5,8,11,19H2,1H3/b12-10-. The number of rotatable bonds is 8. The monoisotopic (exact) mass is 304 g/mol. The quantitative estimate of drug-likeness (QED) is 0.750. The Bertz CT molecular complexity index is 676. The van der Waals surface area contributed by atoms with Crippen molar-refractivity contribution >= 4 is 16.9 Å². The topological polar surface area (TPSA) is 69.1 Å². The second-order valence-electron chi connectivity index (χ2n) is 5.29. The van der Waals surface area contributed by atoms with E-state index in [9.17, 15) is 9.18 Å². The zero-order valence-electron chi connectivity index (χ0n) is 12.8. The van der Waals surface area contributed by atoms with Gasteiger partial charge in [-0.3, -0.25) is 4.79 Å². The molecule has 1 aromatic carbocycles. The van der Waals surface area contributed by atoms with Crippen LogP contribution in [0.3, 0.4) is 0 Å². The number of oxazole rings is 1. The van der Waals surface area contributed by atoms with Crippen LogP contribution in [0.15, 0.2) is 34.5 Å². The third kappa shape index (κ3) is 4.01. The van der Waals surface area contributed by atoms with E-state index in [1.54, 1.807) is 18.2 Å². The van der Waals surface area contributed by atoms with E-state index in [0.717, 1.165) is 24.8 Å². The smallest absolute Gasteiger partial charge is 0.195 e. The maximum atomic E-state index is 12.4. The number of hydrogen-bond donors (Lipinski definition) is 1. The van der Waals surface area contributed by atoms with Gasteiger partial charge >= 0.3 is 0 Å². The summed E-state index contributed by atoms with van der Waals surface area (Å²) in [5, 5.41) is 0. The first-order valence-corrected chi connectivity index (χ1v) is 7.58. The molecule has 118 valence electrons. The van der Waals surface area contributed by atoms with Gasteiger partial charge in [-0.25, -0.2) is 9.37 Å². The minimum Gasteiger partial charge on any atom is -0.441 e. The summed E-state index contributed by atoms with van der Waals surface area (Å²) in [5.41, 5.74) is 7.76. The molecule has 1 aromatic heterocycles. The van der Waals surface area contributed by atoms with Gasteiger partial charge in [0.1, 0.15) is 5.52 Å². The zero-order valence-corrected chi connectivity index (χ0v) is 12.8. The lowest BCUT2D eigenvalue weighted by Crippen LogP contribution is -2.06. The van der Waals surface area contributed by atoms with Gasteiger partial charge in [0, 0.05) is 24.9 Å². The van der Waals surface area contributed by atoms with Gasteiger partial charge in [0.15, 0.2) is 17.3 Å². The van der Waals surface area contributed by atoms with Crippen molar-refractivity contribution in [3.05, 3.63) is 41.6 Å². The number of nitrogens with zero attached hydrogens (tertiary/aromatic N) is 1. The predicted octanol–water partition coefficient (Wildman–Crippen LogP) is 3.95. The average Bonchev–Trinajstić information content (AvgIpc) is 2.95. The number of aryl methyl sites for hydroxylation is 1. The molecule has 0 radical (unpaired) electrons. The van der Waals surface area contributed by atoms with Gasteiger partial charge in [0.05, 0.1) is 6.33 Å². The van der Waals surface area contributed by atoms with Gasteiger partial charge in [-0.15, -0.1) is 0 Å². The van der Waals surface area contributed by atoms with Crippen LogP contribution in [0.5, 0.6) is 0 Å². The Labute approximate surface area is 129 Å². The predicted molar refractivity (Wildman–Crippen MR) is 84.4 cm³/mol. The minimum absolute atomic E-state index is 0.0544. The van der Waals surface area contributed by atoms with Crippen LogP contribution < -0.4 is 5.73 Å². The number of carbonyl (C=O) groups excluding carboxylic acids is 1. The molecule has 0 aliphatic rings. The number of unbranched alkanes of at least 4 members (excludes halogenated alkanes) is 1. The summed E-state index contributed by atoms with van der Waals surface area (Å²) >= 11 is 0. The van der Waals surface area contributed by atoms with Gasteiger partial charge in [-0.1, -0.05) is 13.3 Å². The zero-order chi connectivity index (χ0) is 15.9. The normalized spacial score (nSPS) is 12.0. The molecule has 4 nitrogen and oxygen atoms in total. The number of hydrogen-bond acceptors (Lipinski definition) is 4. The number of aromatic nitrogens is 1. The lowest BCUT2D eigenvalue weighted by atomic mass is 10.0. The Kier molecular flexibility index (Phi) is 5.83. The first-order valence-electron chi connectivity index (χ1n) is 7.58.